The number of oxazole rings is 1. The minimum absolute atomic E-state index is 0.132. The van der Waals surface area contributed by atoms with E-state index in [-0.39, 0.29) is 5.69 Å². The standard InChI is InChI=1S/C27H20F2N6O3/c28-24(25(36)26(29)35-17-32-33-34-35)23-12-7-19(15-31-23)2-1-18-5-10-22(11-6-18)38-16-20-3-8-21(9-4-20)27-30-13-14-37-27/h3-15,17,24-26,36H,16H2. The minimum Gasteiger partial charge on any atom is -0.489 e. The zero-order chi connectivity index (χ0) is 26.3. The Labute approximate surface area is 215 Å². The summed E-state index contributed by atoms with van der Waals surface area (Å²) >= 11 is 0. The van der Waals surface area contributed by atoms with Crippen molar-refractivity contribution in [2.24, 2.45) is 0 Å². The number of ether oxygens (including phenoxy) is 1. The van der Waals surface area contributed by atoms with Gasteiger partial charge < -0.3 is 14.3 Å². The van der Waals surface area contributed by atoms with Crippen LogP contribution in [0.25, 0.3) is 11.5 Å². The highest BCUT2D eigenvalue weighted by molar-refractivity contribution is 5.53. The maximum Gasteiger partial charge on any atom is 0.225 e. The fourth-order valence-corrected chi connectivity index (χ4v) is 3.45. The second-order valence-corrected chi connectivity index (χ2v) is 8.12. The highest BCUT2D eigenvalue weighted by atomic mass is 19.1. The van der Waals surface area contributed by atoms with Crippen LogP contribution in [0.1, 0.15) is 34.9 Å². The molecule has 0 aliphatic carbocycles. The van der Waals surface area contributed by atoms with Crippen LogP contribution in [-0.2, 0) is 6.61 Å². The molecule has 3 unspecified atom stereocenters. The number of aliphatic hydroxyl groups excluding tert-OH is 1. The van der Waals surface area contributed by atoms with E-state index in [9.17, 15) is 13.9 Å². The van der Waals surface area contributed by atoms with E-state index in [1.54, 1.807) is 12.3 Å². The quantitative estimate of drug-likeness (QED) is 0.306. The van der Waals surface area contributed by atoms with Crippen molar-refractivity contribution in [3.05, 3.63) is 108 Å². The van der Waals surface area contributed by atoms with Gasteiger partial charge in [-0.15, -0.1) is 5.10 Å². The first-order valence-electron chi connectivity index (χ1n) is 11.4. The highest BCUT2D eigenvalue weighted by Crippen LogP contribution is 2.27. The Morgan fingerprint density at radius 1 is 0.947 bits per heavy atom. The molecule has 0 aliphatic rings. The van der Waals surface area contributed by atoms with Gasteiger partial charge in [0, 0.05) is 22.9 Å². The molecule has 9 nitrogen and oxygen atoms in total. The Balaban J connectivity index is 1.15. The van der Waals surface area contributed by atoms with Gasteiger partial charge in [-0.25, -0.2) is 13.8 Å². The molecule has 38 heavy (non-hydrogen) atoms. The van der Waals surface area contributed by atoms with Crippen LogP contribution in [0.2, 0.25) is 0 Å². The van der Waals surface area contributed by atoms with Crippen LogP contribution in [0.15, 0.2) is 90.1 Å². The molecular formula is C27H20F2N6O3. The third kappa shape index (κ3) is 5.88. The van der Waals surface area contributed by atoms with E-state index in [1.807, 2.05) is 48.5 Å². The lowest BCUT2D eigenvalue weighted by molar-refractivity contribution is -0.0294. The van der Waals surface area contributed by atoms with Gasteiger partial charge in [0.15, 0.2) is 6.17 Å². The number of hydrogen-bond donors (Lipinski definition) is 1. The molecule has 5 aromatic rings. The first-order valence-corrected chi connectivity index (χ1v) is 11.4. The Hall–Kier alpha value is -4.95. The SMILES string of the molecule is OC(C(F)c1ccc(C#Cc2ccc(OCc3ccc(-c4ncco4)cc3)cc2)cn1)C(F)n1cnnn1. The predicted molar refractivity (Wildman–Crippen MR) is 131 cm³/mol. The van der Waals surface area contributed by atoms with E-state index in [1.165, 1.54) is 18.5 Å². The normalized spacial score (nSPS) is 13.2. The molecule has 0 saturated heterocycles. The van der Waals surface area contributed by atoms with Crippen molar-refractivity contribution >= 4 is 0 Å². The summed E-state index contributed by atoms with van der Waals surface area (Å²) in [4.78, 5) is 8.10. The van der Waals surface area contributed by atoms with Crippen molar-refractivity contribution in [3.8, 4) is 29.0 Å². The summed E-state index contributed by atoms with van der Waals surface area (Å²) in [6.07, 6.45) is -0.809. The maximum absolute atomic E-state index is 14.5. The molecule has 0 radical (unpaired) electrons. The van der Waals surface area contributed by atoms with Crippen LogP contribution in [-0.4, -0.2) is 41.4 Å². The second-order valence-electron chi connectivity index (χ2n) is 8.12. The average molecular weight is 514 g/mol. The van der Waals surface area contributed by atoms with E-state index >= 15 is 0 Å². The van der Waals surface area contributed by atoms with Crippen LogP contribution in [0.5, 0.6) is 5.75 Å². The fraction of sp³-hybridized carbons (Fsp3) is 0.148. The first-order chi connectivity index (χ1) is 18.6. The van der Waals surface area contributed by atoms with Crippen LogP contribution < -0.4 is 4.74 Å². The molecule has 3 atom stereocenters. The lowest BCUT2D eigenvalue weighted by atomic mass is 10.1. The highest BCUT2D eigenvalue weighted by Gasteiger charge is 2.32. The van der Waals surface area contributed by atoms with Gasteiger partial charge in [0.2, 0.25) is 12.2 Å². The van der Waals surface area contributed by atoms with Crippen molar-refractivity contribution in [1.82, 2.24) is 30.2 Å². The molecule has 2 aromatic carbocycles. The zero-order valence-electron chi connectivity index (χ0n) is 19.7. The van der Waals surface area contributed by atoms with Crippen molar-refractivity contribution in [2.75, 3.05) is 0 Å². The van der Waals surface area contributed by atoms with Gasteiger partial charge in [0.1, 0.15) is 31.1 Å². The summed E-state index contributed by atoms with van der Waals surface area (Å²) in [6, 6.07) is 17.9. The molecule has 0 bridgehead atoms. The summed E-state index contributed by atoms with van der Waals surface area (Å²) in [5, 5.41) is 19.8. The zero-order valence-corrected chi connectivity index (χ0v) is 19.7. The van der Waals surface area contributed by atoms with Gasteiger partial charge in [-0.1, -0.05) is 24.0 Å². The summed E-state index contributed by atoms with van der Waals surface area (Å²) in [5.41, 5.74) is 3.04. The minimum atomic E-state index is -2.15. The Bertz CT molecular complexity index is 1500. The number of aromatic nitrogens is 6. The lowest BCUT2D eigenvalue weighted by Crippen LogP contribution is -2.26. The Kier molecular flexibility index (Phi) is 7.42. The van der Waals surface area contributed by atoms with Crippen LogP contribution in [0.3, 0.4) is 0 Å². The fourth-order valence-electron chi connectivity index (χ4n) is 3.45. The van der Waals surface area contributed by atoms with Crippen LogP contribution >= 0.6 is 0 Å². The molecule has 1 N–H and O–H groups in total. The molecule has 0 saturated carbocycles. The third-order valence-corrected chi connectivity index (χ3v) is 5.51. The van der Waals surface area contributed by atoms with Gasteiger partial charge in [0.25, 0.3) is 0 Å². The van der Waals surface area contributed by atoms with Gasteiger partial charge in [0.05, 0.1) is 11.9 Å². The molecular weight excluding hydrogens is 494 g/mol. The van der Waals surface area contributed by atoms with Crippen molar-refractivity contribution in [3.63, 3.8) is 0 Å². The maximum atomic E-state index is 14.5. The summed E-state index contributed by atoms with van der Waals surface area (Å²) in [5.74, 6) is 7.20. The van der Waals surface area contributed by atoms with E-state index in [0.29, 0.717) is 28.5 Å². The largest absolute Gasteiger partial charge is 0.489 e. The number of tetrazole rings is 1. The summed E-state index contributed by atoms with van der Waals surface area (Å²) in [6.45, 7) is 0.401. The number of nitrogens with zero attached hydrogens (tertiary/aromatic N) is 6. The third-order valence-electron chi connectivity index (χ3n) is 5.51. The lowest BCUT2D eigenvalue weighted by Gasteiger charge is -2.18. The summed E-state index contributed by atoms with van der Waals surface area (Å²) in [7, 11) is 0. The smallest absolute Gasteiger partial charge is 0.225 e. The van der Waals surface area contributed by atoms with E-state index in [4.69, 9.17) is 9.15 Å². The molecule has 11 heteroatoms. The molecule has 190 valence electrons. The monoisotopic (exact) mass is 514 g/mol. The topological polar surface area (TPSA) is 112 Å². The number of pyridine rings is 1. The van der Waals surface area contributed by atoms with Gasteiger partial charge in [-0.05, 0) is 64.5 Å². The van der Waals surface area contributed by atoms with E-state index in [2.05, 4.69) is 37.3 Å². The number of rotatable bonds is 8. The Morgan fingerprint density at radius 3 is 2.37 bits per heavy atom. The van der Waals surface area contributed by atoms with Gasteiger partial charge in [-0.3, -0.25) is 4.98 Å². The second kappa shape index (κ2) is 11.4. The average Bonchev–Trinajstić information content (AvgIpc) is 3.70. The number of benzene rings is 2. The van der Waals surface area contributed by atoms with E-state index in [0.717, 1.165) is 23.0 Å². The molecule has 0 amide bonds. The van der Waals surface area contributed by atoms with Crippen LogP contribution in [0, 0.1) is 11.8 Å². The number of halogens is 2. The molecule has 3 aromatic heterocycles. The van der Waals surface area contributed by atoms with Gasteiger partial charge >= 0.3 is 0 Å². The van der Waals surface area contributed by atoms with Crippen molar-refractivity contribution in [2.45, 2.75) is 25.2 Å². The van der Waals surface area contributed by atoms with E-state index < -0.39 is 18.6 Å². The number of alkyl halides is 2. The van der Waals surface area contributed by atoms with Gasteiger partial charge in [-0.2, -0.15) is 4.68 Å². The number of aliphatic hydroxyl groups is 1. The van der Waals surface area contributed by atoms with Crippen molar-refractivity contribution < 1.29 is 23.0 Å². The van der Waals surface area contributed by atoms with Crippen LogP contribution in [0.4, 0.5) is 8.78 Å². The summed E-state index contributed by atoms with van der Waals surface area (Å²) < 4.78 is 40.5. The molecule has 3 heterocycles. The molecule has 0 aliphatic heterocycles. The molecule has 0 spiro atoms. The molecule has 0 fully saturated rings. The first kappa shape index (κ1) is 24.7. The number of hydrogen-bond acceptors (Lipinski definition) is 8. The Morgan fingerprint density at radius 2 is 1.71 bits per heavy atom. The van der Waals surface area contributed by atoms with Crippen molar-refractivity contribution in [1.29, 1.82) is 0 Å². The molecule has 5 rings (SSSR count). The predicted octanol–water partition coefficient (Wildman–Crippen LogP) is 4.24.